The fourth-order valence-electron chi connectivity index (χ4n) is 3.24. The number of benzene rings is 2. The van der Waals surface area contributed by atoms with E-state index in [1.54, 1.807) is 0 Å². The summed E-state index contributed by atoms with van der Waals surface area (Å²) >= 11 is 0. The van der Waals surface area contributed by atoms with Crippen molar-refractivity contribution < 1.29 is 14.2 Å². The second kappa shape index (κ2) is 7.07. The average Bonchev–Trinajstić information content (AvgIpc) is 3.18. The van der Waals surface area contributed by atoms with Gasteiger partial charge in [0.25, 0.3) is 5.91 Å². The molecule has 3 aromatic rings. The first-order valence-corrected chi connectivity index (χ1v) is 8.72. The Morgan fingerprint density at radius 3 is 2.19 bits per heavy atom. The van der Waals surface area contributed by atoms with Crippen LogP contribution >= 0.6 is 0 Å². The number of nitrogens with zero attached hydrogens (tertiary/aromatic N) is 2. The molecule has 1 aromatic heterocycles. The number of rotatable bonds is 5. The van der Waals surface area contributed by atoms with Crippen LogP contribution in [0.15, 0.2) is 58.2 Å². The fourth-order valence-corrected chi connectivity index (χ4v) is 3.24. The highest BCUT2D eigenvalue weighted by molar-refractivity contribution is 6.24. The van der Waals surface area contributed by atoms with Crippen molar-refractivity contribution in [3.63, 3.8) is 0 Å². The van der Waals surface area contributed by atoms with Crippen LogP contribution in [-0.4, -0.2) is 23.4 Å². The monoisotopic (exact) mass is 361 g/mol. The molecule has 6 heteroatoms. The number of carbonyl (C=O) groups is 1. The first-order chi connectivity index (χ1) is 13.1. The van der Waals surface area contributed by atoms with Gasteiger partial charge in [-0.05, 0) is 25.0 Å². The minimum Gasteiger partial charge on any atom is -0.385 e. The van der Waals surface area contributed by atoms with Gasteiger partial charge in [-0.15, -0.1) is 0 Å². The molecule has 0 radical (unpaired) electrons. The van der Waals surface area contributed by atoms with Crippen LogP contribution in [0.3, 0.4) is 0 Å². The molecule has 0 spiro atoms. The number of hydrogen-bond acceptors (Lipinski definition) is 5. The third kappa shape index (κ3) is 3.21. The van der Waals surface area contributed by atoms with Gasteiger partial charge in [0.15, 0.2) is 6.61 Å². The van der Waals surface area contributed by atoms with E-state index in [1.165, 1.54) is 0 Å². The van der Waals surface area contributed by atoms with Crippen LogP contribution in [0.2, 0.25) is 0 Å². The molecule has 4 rings (SSSR count). The number of aryl methyl sites for hydroxylation is 2. The smallest absolute Gasteiger partial charge is 0.261 e. The van der Waals surface area contributed by atoms with Crippen LogP contribution in [0.1, 0.15) is 28.1 Å². The second-order valence-electron chi connectivity index (χ2n) is 6.38. The third-order valence-corrected chi connectivity index (χ3v) is 4.65. The van der Waals surface area contributed by atoms with Crippen molar-refractivity contribution in [1.29, 1.82) is 0 Å². The Hall–Kier alpha value is -3.41. The molecule has 136 valence electrons. The lowest BCUT2D eigenvalue weighted by Crippen LogP contribution is -2.27. The Labute approximate surface area is 156 Å². The van der Waals surface area contributed by atoms with E-state index in [-0.39, 0.29) is 12.5 Å². The molecule has 2 aromatic carbocycles. The van der Waals surface area contributed by atoms with E-state index in [2.05, 4.69) is 27.8 Å². The third-order valence-electron chi connectivity index (χ3n) is 4.65. The lowest BCUT2D eigenvalue weighted by Gasteiger charge is -2.05. The maximum absolute atomic E-state index is 12.1. The maximum Gasteiger partial charge on any atom is 0.261 e. The fraction of sp³-hybridized carbons (Fsp3) is 0.190. The van der Waals surface area contributed by atoms with Gasteiger partial charge >= 0.3 is 0 Å². The van der Waals surface area contributed by atoms with E-state index in [0.29, 0.717) is 12.3 Å². The Balaban J connectivity index is 1.43. The summed E-state index contributed by atoms with van der Waals surface area (Å²) in [4.78, 5) is 17.4. The Morgan fingerprint density at radius 2 is 1.63 bits per heavy atom. The van der Waals surface area contributed by atoms with Crippen LogP contribution in [0.4, 0.5) is 0 Å². The van der Waals surface area contributed by atoms with E-state index in [1.807, 2.05) is 50.2 Å². The molecule has 0 bridgehead atoms. The molecule has 0 unspecified atom stereocenters. The zero-order valence-corrected chi connectivity index (χ0v) is 15.2. The van der Waals surface area contributed by atoms with Crippen LogP contribution < -0.4 is 5.32 Å². The Morgan fingerprint density at radius 1 is 1.04 bits per heavy atom. The molecular weight excluding hydrogens is 342 g/mol. The van der Waals surface area contributed by atoms with Gasteiger partial charge in [0, 0.05) is 23.2 Å². The van der Waals surface area contributed by atoms with Crippen LogP contribution in [0.25, 0.3) is 11.1 Å². The lowest BCUT2D eigenvalue weighted by molar-refractivity contribution is -0.125. The van der Waals surface area contributed by atoms with Crippen LogP contribution in [-0.2, 0) is 16.2 Å². The number of amides is 1. The summed E-state index contributed by atoms with van der Waals surface area (Å²) < 4.78 is 5.09. The molecule has 1 N–H and O–H groups in total. The highest BCUT2D eigenvalue weighted by Gasteiger charge is 2.24. The second-order valence-corrected chi connectivity index (χ2v) is 6.38. The van der Waals surface area contributed by atoms with Crippen LogP contribution in [0.5, 0.6) is 0 Å². The standard InChI is InChI=1S/C21H19N3O3/c1-13-19(14(2)27-23-13)11-22-20(25)12-26-24-21-17-9-5-3-7-15(17)16-8-4-6-10-18(16)21/h3-10H,11-12H2,1-2H3,(H,22,25). The molecule has 0 fully saturated rings. The molecule has 27 heavy (non-hydrogen) atoms. The van der Waals surface area contributed by atoms with Gasteiger partial charge in [0.05, 0.1) is 5.69 Å². The van der Waals surface area contributed by atoms with Gasteiger partial charge in [-0.2, -0.15) is 0 Å². The summed E-state index contributed by atoms with van der Waals surface area (Å²) in [7, 11) is 0. The Bertz CT molecular complexity index is 970. The SMILES string of the molecule is Cc1noc(C)c1CNC(=O)CON=C1c2ccccc2-c2ccccc21. The van der Waals surface area contributed by atoms with Crippen molar-refractivity contribution in [2.45, 2.75) is 20.4 Å². The minimum absolute atomic E-state index is 0.156. The first kappa shape index (κ1) is 17.0. The van der Waals surface area contributed by atoms with E-state index in [4.69, 9.17) is 9.36 Å². The highest BCUT2D eigenvalue weighted by atomic mass is 16.6. The summed E-state index contributed by atoms with van der Waals surface area (Å²) in [5.41, 5.74) is 6.67. The van der Waals surface area contributed by atoms with Crippen LogP contribution in [0, 0.1) is 13.8 Å². The number of fused-ring (bicyclic) bond motifs is 3. The molecule has 1 aliphatic rings. The van der Waals surface area contributed by atoms with E-state index in [9.17, 15) is 4.79 Å². The molecule has 1 aliphatic carbocycles. The van der Waals surface area contributed by atoms with Crippen molar-refractivity contribution >= 4 is 11.6 Å². The van der Waals surface area contributed by atoms with Crippen molar-refractivity contribution in [2.24, 2.45) is 5.16 Å². The molecule has 0 atom stereocenters. The predicted molar refractivity (Wildman–Crippen MR) is 101 cm³/mol. The number of nitrogens with one attached hydrogen (secondary N) is 1. The average molecular weight is 361 g/mol. The summed E-state index contributed by atoms with van der Waals surface area (Å²) in [6, 6.07) is 16.1. The van der Waals surface area contributed by atoms with E-state index >= 15 is 0 Å². The van der Waals surface area contributed by atoms with Crippen molar-refractivity contribution in [3.8, 4) is 11.1 Å². The molecule has 1 amide bonds. The van der Waals surface area contributed by atoms with Crippen molar-refractivity contribution in [3.05, 3.63) is 76.7 Å². The van der Waals surface area contributed by atoms with E-state index < -0.39 is 0 Å². The largest absolute Gasteiger partial charge is 0.385 e. The number of hydrogen-bond donors (Lipinski definition) is 1. The zero-order valence-electron chi connectivity index (χ0n) is 15.2. The zero-order chi connectivity index (χ0) is 18.8. The summed E-state index contributed by atoms with van der Waals surface area (Å²) in [6.45, 7) is 3.86. The van der Waals surface area contributed by atoms with Gasteiger partial charge in [-0.1, -0.05) is 58.8 Å². The number of aromatic nitrogens is 1. The Kier molecular flexibility index (Phi) is 4.46. The first-order valence-electron chi connectivity index (χ1n) is 8.72. The van der Waals surface area contributed by atoms with Gasteiger partial charge in [-0.25, -0.2) is 0 Å². The molecule has 1 heterocycles. The topological polar surface area (TPSA) is 76.7 Å². The molecule has 0 saturated carbocycles. The number of carbonyl (C=O) groups excluding carboxylic acids is 1. The summed E-state index contributed by atoms with van der Waals surface area (Å²) in [5, 5.41) is 10.9. The van der Waals surface area contributed by atoms with Gasteiger partial charge in [0.1, 0.15) is 11.5 Å². The molecular formula is C21H19N3O3. The van der Waals surface area contributed by atoms with Crippen molar-refractivity contribution in [1.82, 2.24) is 10.5 Å². The van der Waals surface area contributed by atoms with Gasteiger partial charge in [0.2, 0.25) is 0 Å². The summed E-state index contributed by atoms with van der Waals surface area (Å²) in [6.07, 6.45) is 0. The van der Waals surface area contributed by atoms with Gasteiger partial charge in [-0.3, -0.25) is 4.79 Å². The quantitative estimate of drug-likeness (QED) is 0.553. The lowest BCUT2D eigenvalue weighted by atomic mass is 10.1. The van der Waals surface area contributed by atoms with Gasteiger partial charge < -0.3 is 14.7 Å². The summed E-state index contributed by atoms with van der Waals surface area (Å²) in [5.74, 6) is 0.451. The predicted octanol–water partition coefficient (Wildman–Crippen LogP) is 3.36. The normalized spacial score (nSPS) is 11.7. The highest BCUT2D eigenvalue weighted by Crippen LogP contribution is 2.36. The molecule has 0 aliphatic heterocycles. The minimum atomic E-state index is -0.251. The molecule has 6 nitrogen and oxygen atoms in total. The number of oxime groups is 1. The van der Waals surface area contributed by atoms with E-state index in [0.717, 1.165) is 39.2 Å². The maximum atomic E-state index is 12.1. The van der Waals surface area contributed by atoms with Crippen molar-refractivity contribution in [2.75, 3.05) is 6.61 Å². The molecule has 0 saturated heterocycles.